The molecule has 3 aromatic carbocycles. The summed E-state index contributed by atoms with van der Waals surface area (Å²) in [5.74, 6) is 1.78. The Kier molecular flexibility index (Phi) is 4.50. The van der Waals surface area contributed by atoms with Gasteiger partial charge in [0.05, 0.1) is 5.41 Å². The van der Waals surface area contributed by atoms with Gasteiger partial charge in [-0.25, -0.2) is 0 Å². The van der Waals surface area contributed by atoms with E-state index in [2.05, 4.69) is 41.3 Å². The van der Waals surface area contributed by atoms with Crippen LogP contribution in [0.2, 0.25) is 0 Å². The minimum absolute atomic E-state index is 0.252. The molecule has 3 aromatic rings. The summed E-state index contributed by atoms with van der Waals surface area (Å²) in [7, 11) is 4.07. The molecule has 0 N–H and O–H groups in total. The first-order chi connectivity index (χ1) is 14.5. The number of anilines is 1. The molecule has 30 heavy (non-hydrogen) atoms. The van der Waals surface area contributed by atoms with Crippen LogP contribution in [0.25, 0.3) is 11.1 Å². The second-order valence-electron chi connectivity index (χ2n) is 8.39. The van der Waals surface area contributed by atoms with Crippen molar-refractivity contribution in [1.82, 2.24) is 0 Å². The Bertz CT molecular complexity index is 1100. The summed E-state index contributed by atoms with van der Waals surface area (Å²) >= 11 is 0. The molecule has 4 nitrogen and oxygen atoms in total. The number of hydrogen-bond donors (Lipinski definition) is 0. The summed E-state index contributed by atoms with van der Waals surface area (Å²) in [5.41, 5.74) is 5.20. The van der Waals surface area contributed by atoms with Gasteiger partial charge in [-0.15, -0.1) is 0 Å². The Labute approximate surface area is 177 Å². The van der Waals surface area contributed by atoms with Crippen LogP contribution in [0.5, 0.6) is 11.5 Å². The van der Waals surface area contributed by atoms with Gasteiger partial charge in [-0.05, 0) is 59.4 Å². The number of benzene rings is 3. The van der Waals surface area contributed by atoms with Crippen molar-refractivity contribution >= 4 is 11.5 Å². The fourth-order valence-electron chi connectivity index (χ4n) is 4.22. The molecule has 0 aromatic heterocycles. The van der Waals surface area contributed by atoms with E-state index in [1.807, 2.05) is 44.4 Å². The standard InChI is InChI=1S/C26H25NO3/c1-27(2)22-9-6-19(7-10-22)20-5-3-4-18(14-20)15-25(28)26(12-13-26)21-8-11-23-24(16-21)30-17-29-23/h3-11,14,16H,12-13,15,17H2,1-2H3. The smallest absolute Gasteiger partial charge is 0.231 e. The molecule has 152 valence electrons. The van der Waals surface area contributed by atoms with Gasteiger partial charge in [0.15, 0.2) is 11.5 Å². The normalized spacial score (nSPS) is 15.7. The number of ketones is 1. The zero-order valence-electron chi connectivity index (χ0n) is 17.4. The molecule has 0 saturated heterocycles. The lowest BCUT2D eigenvalue weighted by molar-refractivity contribution is -0.120. The summed E-state index contributed by atoms with van der Waals surface area (Å²) in [6, 6.07) is 22.7. The predicted octanol–water partition coefficient (Wildman–Crippen LogP) is 4.99. The van der Waals surface area contributed by atoms with Crippen molar-refractivity contribution in [3.05, 3.63) is 77.9 Å². The van der Waals surface area contributed by atoms with Crippen molar-refractivity contribution in [2.24, 2.45) is 0 Å². The Hall–Kier alpha value is -3.27. The molecule has 4 heteroatoms. The topological polar surface area (TPSA) is 38.8 Å². The molecule has 1 fully saturated rings. The number of fused-ring (bicyclic) bond motifs is 1. The average Bonchev–Trinajstić information content (AvgIpc) is 3.45. The zero-order chi connectivity index (χ0) is 20.7. The van der Waals surface area contributed by atoms with Gasteiger partial charge < -0.3 is 14.4 Å². The molecule has 5 rings (SSSR count). The van der Waals surface area contributed by atoms with E-state index in [0.29, 0.717) is 6.42 Å². The SMILES string of the molecule is CN(C)c1ccc(-c2cccc(CC(=O)C3(c4ccc5c(c4)OCO5)CC3)c2)cc1. The van der Waals surface area contributed by atoms with E-state index in [0.717, 1.165) is 46.6 Å². The number of carbonyl (C=O) groups excluding carboxylic acids is 1. The summed E-state index contributed by atoms with van der Waals surface area (Å²) in [4.78, 5) is 15.4. The second kappa shape index (κ2) is 7.21. The van der Waals surface area contributed by atoms with E-state index in [9.17, 15) is 4.79 Å². The number of rotatable bonds is 6. The average molecular weight is 399 g/mol. The van der Waals surface area contributed by atoms with E-state index in [1.165, 1.54) is 5.69 Å². The van der Waals surface area contributed by atoms with Crippen LogP contribution in [0, 0.1) is 0 Å². The fraction of sp³-hybridized carbons (Fsp3) is 0.269. The highest BCUT2D eigenvalue weighted by Crippen LogP contribution is 2.51. The third-order valence-electron chi connectivity index (χ3n) is 6.22. The third kappa shape index (κ3) is 3.32. The van der Waals surface area contributed by atoms with Crippen LogP contribution in [0.15, 0.2) is 66.7 Å². The summed E-state index contributed by atoms with van der Waals surface area (Å²) in [6.45, 7) is 0.252. The lowest BCUT2D eigenvalue weighted by atomic mass is 9.87. The van der Waals surface area contributed by atoms with Crippen molar-refractivity contribution in [1.29, 1.82) is 0 Å². The Morgan fingerprint density at radius 1 is 0.900 bits per heavy atom. The van der Waals surface area contributed by atoms with Gasteiger partial charge >= 0.3 is 0 Å². The van der Waals surface area contributed by atoms with Gasteiger partial charge in [-0.1, -0.05) is 42.5 Å². The lowest BCUT2D eigenvalue weighted by Gasteiger charge is -2.16. The first-order valence-electron chi connectivity index (χ1n) is 10.4. The number of Topliss-reactive ketones (excluding diaryl/α,β-unsaturated/α-hetero) is 1. The van der Waals surface area contributed by atoms with Gasteiger partial charge in [0, 0.05) is 26.2 Å². The van der Waals surface area contributed by atoms with Crippen molar-refractivity contribution in [2.45, 2.75) is 24.7 Å². The van der Waals surface area contributed by atoms with Crippen molar-refractivity contribution < 1.29 is 14.3 Å². The van der Waals surface area contributed by atoms with Crippen LogP contribution in [-0.2, 0) is 16.6 Å². The largest absolute Gasteiger partial charge is 0.454 e. The monoisotopic (exact) mass is 399 g/mol. The van der Waals surface area contributed by atoms with E-state index in [1.54, 1.807) is 0 Å². The molecule has 2 aliphatic rings. The molecular formula is C26H25NO3. The molecule has 0 unspecified atom stereocenters. The zero-order valence-corrected chi connectivity index (χ0v) is 17.4. The van der Waals surface area contributed by atoms with Gasteiger partial charge in [0.25, 0.3) is 0 Å². The van der Waals surface area contributed by atoms with E-state index in [4.69, 9.17) is 9.47 Å². The fourth-order valence-corrected chi connectivity index (χ4v) is 4.22. The highest BCUT2D eigenvalue weighted by atomic mass is 16.7. The molecular weight excluding hydrogens is 374 g/mol. The summed E-state index contributed by atoms with van der Waals surface area (Å²) in [5, 5.41) is 0. The first-order valence-corrected chi connectivity index (χ1v) is 10.4. The Balaban J connectivity index is 1.36. The quantitative estimate of drug-likeness (QED) is 0.585. The highest BCUT2D eigenvalue weighted by molar-refractivity contribution is 5.95. The highest BCUT2D eigenvalue weighted by Gasteiger charge is 2.50. The lowest BCUT2D eigenvalue weighted by Crippen LogP contribution is -2.22. The summed E-state index contributed by atoms with van der Waals surface area (Å²) in [6.07, 6.45) is 2.24. The van der Waals surface area contributed by atoms with Crippen LogP contribution in [-0.4, -0.2) is 26.7 Å². The molecule has 1 saturated carbocycles. The molecule has 1 heterocycles. The molecule has 0 bridgehead atoms. The Morgan fingerprint density at radius 3 is 2.40 bits per heavy atom. The molecule has 0 amide bonds. The van der Waals surface area contributed by atoms with Crippen LogP contribution in [0.4, 0.5) is 5.69 Å². The van der Waals surface area contributed by atoms with Gasteiger partial charge in [0.1, 0.15) is 5.78 Å². The van der Waals surface area contributed by atoms with Crippen LogP contribution >= 0.6 is 0 Å². The van der Waals surface area contributed by atoms with E-state index in [-0.39, 0.29) is 18.0 Å². The number of hydrogen-bond acceptors (Lipinski definition) is 4. The minimum atomic E-state index is -0.371. The van der Waals surface area contributed by atoms with E-state index < -0.39 is 0 Å². The Morgan fingerprint density at radius 2 is 1.67 bits per heavy atom. The third-order valence-corrected chi connectivity index (χ3v) is 6.22. The summed E-state index contributed by atoms with van der Waals surface area (Å²) < 4.78 is 10.9. The van der Waals surface area contributed by atoms with Crippen LogP contribution < -0.4 is 14.4 Å². The van der Waals surface area contributed by atoms with Gasteiger partial charge in [-0.2, -0.15) is 0 Å². The maximum atomic E-state index is 13.3. The van der Waals surface area contributed by atoms with Crippen molar-refractivity contribution in [3.63, 3.8) is 0 Å². The van der Waals surface area contributed by atoms with Crippen LogP contribution in [0.3, 0.4) is 0 Å². The van der Waals surface area contributed by atoms with Crippen molar-refractivity contribution in [2.75, 3.05) is 25.8 Å². The van der Waals surface area contributed by atoms with Gasteiger partial charge in [0.2, 0.25) is 6.79 Å². The number of carbonyl (C=O) groups is 1. The maximum Gasteiger partial charge on any atom is 0.231 e. The van der Waals surface area contributed by atoms with Crippen LogP contribution in [0.1, 0.15) is 24.0 Å². The number of nitrogens with zero attached hydrogens (tertiary/aromatic N) is 1. The molecule has 1 aliphatic heterocycles. The molecule has 0 atom stereocenters. The molecule has 0 radical (unpaired) electrons. The van der Waals surface area contributed by atoms with Gasteiger partial charge in [-0.3, -0.25) is 4.79 Å². The second-order valence-corrected chi connectivity index (χ2v) is 8.39. The first kappa shape index (κ1) is 18.7. The number of ether oxygens (including phenoxy) is 2. The predicted molar refractivity (Wildman–Crippen MR) is 118 cm³/mol. The molecule has 1 aliphatic carbocycles. The minimum Gasteiger partial charge on any atom is -0.454 e. The van der Waals surface area contributed by atoms with E-state index >= 15 is 0 Å². The maximum absolute atomic E-state index is 13.3. The van der Waals surface area contributed by atoms with Crippen molar-refractivity contribution in [3.8, 4) is 22.6 Å². The molecule has 0 spiro atoms.